The van der Waals surface area contributed by atoms with Crippen molar-refractivity contribution in [3.8, 4) is 11.4 Å². The molecule has 0 amide bonds. The third-order valence-electron chi connectivity index (χ3n) is 2.17. The highest BCUT2D eigenvalue weighted by molar-refractivity contribution is 5.54. The molecule has 0 aliphatic rings. The summed E-state index contributed by atoms with van der Waals surface area (Å²) in [7, 11) is 1.70. The van der Waals surface area contributed by atoms with Crippen LogP contribution in [0.15, 0.2) is 35.2 Å². The molecule has 0 aliphatic carbocycles. The molecule has 0 saturated heterocycles. The van der Waals surface area contributed by atoms with Gasteiger partial charge < -0.3 is 9.26 Å². The molecule has 2 rings (SSSR count). The second kappa shape index (κ2) is 4.70. The van der Waals surface area contributed by atoms with E-state index in [-0.39, 0.29) is 0 Å². The zero-order valence-corrected chi connectivity index (χ0v) is 8.51. The van der Waals surface area contributed by atoms with Crippen LogP contribution in [-0.4, -0.2) is 23.9 Å². The van der Waals surface area contributed by atoms with Crippen molar-refractivity contribution in [2.24, 2.45) is 0 Å². The molecule has 0 unspecified atom stereocenters. The van der Waals surface area contributed by atoms with E-state index in [9.17, 15) is 0 Å². The molecule has 0 radical (unpaired) electrons. The fourth-order valence-electron chi connectivity index (χ4n) is 1.34. The molecule has 0 atom stereocenters. The average molecular weight is 204 g/mol. The predicted octanol–water partition coefficient (Wildman–Crippen LogP) is 1.93. The first kappa shape index (κ1) is 9.86. The molecule has 0 spiro atoms. The fraction of sp³-hybridized carbons (Fsp3) is 0.273. The molecule has 4 heteroatoms. The Labute approximate surface area is 87.9 Å². The number of benzene rings is 1. The molecule has 0 saturated carbocycles. The Kier molecular flexibility index (Phi) is 3.09. The van der Waals surface area contributed by atoms with E-state index in [2.05, 4.69) is 14.7 Å². The van der Waals surface area contributed by atoms with E-state index >= 15 is 0 Å². The highest BCUT2D eigenvalue weighted by atomic mass is 16.5. The zero-order chi connectivity index (χ0) is 10.5. The van der Waals surface area contributed by atoms with Gasteiger partial charge in [-0.3, -0.25) is 0 Å². The van der Waals surface area contributed by atoms with Gasteiger partial charge in [0.1, 0.15) is 0 Å². The number of ether oxygens (including phenoxy) is 1. The number of methoxy groups -OCH3 is 1. The van der Waals surface area contributed by atoms with Gasteiger partial charge in [-0.1, -0.05) is 29.4 Å². The number of rotatable bonds is 4. The van der Waals surface area contributed by atoms with Crippen LogP contribution in [0.5, 0.6) is 0 Å². The molecule has 0 fully saturated rings. The van der Waals surface area contributed by atoms with Gasteiger partial charge in [0.2, 0.25) is 12.2 Å². The Morgan fingerprint density at radius 2 is 2.07 bits per heavy atom. The second-order valence-corrected chi connectivity index (χ2v) is 3.19. The molecule has 0 aliphatic heterocycles. The van der Waals surface area contributed by atoms with Crippen molar-refractivity contribution in [2.75, 3.05) is 13.7 Å². The molecule has 4 nitrogen and oxygen atoms in total. The predicted molar refractivity (Wildman–Crippen MR) is 55.3 cm³/mol. The van der Waals surface area contributed by atoms with Gasteiger partial charge in [0.15, 0.2) is 0 Å². The van der Waals surface area contributed by atoms with Crippen LogP contribution in [0, 0.1) is 0 Å². The van der Waals surface area contributed by atoms with E-state index in [0.717, 1.165) is 18.6 Å². The molecular formula is C11H12N2O2. The van der Waals surface area contributed by atoms with Crippen LogP contribution in [0.1, 0.15) is 5.56 Å². The first-order valence-electron chi connectivity index (χ1n) is 4.75. The standard InChI is InChI=1S/C11H12N2O2/c1-14-7-6-9-2-4-10(5-3-9)11-12-8-15-13-11/h2-5,8H,6-7H2,1H3. The van der Waals surface area contributed by atoms with Gasteiger partial charge in [0.25, 0.3) is 0 Å². The third kappa shape index (κ3) is 2.41. The van der Waals surface area contributed by atoms with Gasteiger partial charge >= 0.3 is 0 Å². The summed E-state index contributed by atoms with van der Waals surface area (Å²) in [6.45, 7) is 0.738. The van der Waals surface area contributed by atoms with Gasteiger partial charge in [-0.15, -0.1) is 0 Å². The average Bonchev–Trinajstić information content (AvgIpc) is 2.80. The minimum atomic E-state index is 0.619. The number of hydrogen-bond acceptors (Lipinski definition) is 4. The Morgan fingerprint density at radius 3 is 2.67 bits per heavy atom. The molecule has 0 bridgehead atoms. The van der Waals surface area contributed by atoms with E-state index < -0.39 is 0 Å². The topological polar surface area (TPSA) is 48.2 Å². The monoisotopic (exact) mass is 204 g/mol. The summed E-state index contributed by atoms with van der Waals surface area (Å²) < 4.78 is 9.69. The largest absolute Gasteiger partial charge is 0.384 e. The van der Waals surface area contributed by atoms with Crippen molar-refractivity contribution >= 4 is 0 Å². The minimum Gasteiger partial charge on any atom is -0.384 e. The lowest BCUT2D eigenvalue weighted by atomic mass is 10.1. The number of nitrogens with zero attached hydrogens (tertiary/aromatic N) is 2. The van der Waals surface area contributed by atoms with Crippen molar-refractivity contribution in [3.63, 3.8) is 0 Å². The summed E-state index contributed by atoms with van der Waals surface area (Å²) >= 11 is 0. The second-order valence-electron chi connectivity index (χ2n) is 3.19. The Morgan fingerprint density at radius 1 is 1.27 bits per heavy atom. The molecular weight excluding hydrogens is 192 g/mol. The first-order valence-corrected chi connectivity index (χ1v) is 4.75. The summed E-state index contributed by atoms with van der Waals surface area (Å²) in [6.07, 6.45) is 2.25. The maximum atomic E-state index is 5.01. The quantitative estimate of drug-likeness (QED) is 0.763. The molecule has 1 aromatic carbocycles. The maximum Gasteiger partial charge on any atom is 0.214 e. The van der Waals surface area contributed by atoms with E-state index in [0.29, 0.717) is 5.82 Å². The Hall–Kier alpha value is -1.68. The fourth-order valence-corrected chi connectivity index (χ4v) is 1.34. The lowest BCUT2D eigenvalue weighted by Gasteiger charge is -2.00. The van der Waals surface area contributed by atoms with Gasteiger partial charge in [0, 0.05) is 12.7 Å². The summed E-state index contributed by atoms with van der Waals surface area (Å²) in [6, 6.07) is 8.06. The van der Waals surface area contributed by atoms with Crippen LogP contribution in [0.3, 0.4) is 0 Å². The maximum absolute atomic E-state index is 5.01. The summed E-state index contributed by atoms with van der Waals surface area (Å²) in [5, 5.41) is 3.77. The summed E-state index contributed by atoms with van der Waals surface area (Å²) in [5.74, 6) is 0.619. The lowest BCUT2D eigenvalue weighted by molar-refractivity contribution is 0.202. The highest BCUT2D eigenvalue weighted by Crippen LogP contribution is 2.15. The number of aromatic nitrogens is 2. The van der Waals surface area contributed by atoms with Crippen molar-refractivity contribution in [2.45, 2.75) is 6.42 Å². The van der Waals surface area contributed by atoms with E-state index in [1.54, 1.807) is 7.11 Å². The SMILES string of the molecule is COCCc1ccc(-c2ncon2)cc1. The first-order chi connectivity index (χ1) is 7.40. The van der Waals surface area contributed by atoms with Crippen LogP contribution in [0.2, 0.25) is 0 Å². The minimum absolute atomic E-state index is 0.619. The van der Waals surface area contributed by atoms with Crippen molar-refractivity contribution < 1.29 is 9.26 Å². The van der Waals surface area contributed by atoms with Crippen molar-refractivity contribution in [3.05, 3.63) is 36.2 Å². The van der Waals surface area contributed by atoms with Crippen molar-refractivity contribution in [1.29, 1.82) is 0 Å². The molecule has 78 valence electrons. The van der Waals surface area contributed by atoms with Gasteiger partial charge in [0.05, 0.1) is 6.61 Å². The summed E-state index contributed by atoms with van der Waals surface area (Å²) in [5.41, 5.74) is 2.20. The molecule has 1 heterocycles. The van der Waals surface area contributed by atoms with Crippen LogP contribution in [0.25, 0.3) is 11.4 Å². The van der Waals surface area contributed by atoms with Gasteiger partial charge in [-0.05, 0) is 12.0 Å². The van der Waals surface area contributed by atoms with E-state index in [1.165, 1.54) is 12.0 Å². The lowest BCUT2D eigenvalue weighted by Crippen LogP contribution is -1.94. The summed E-state index contributed by atoms with van der Waals surface area (Å²) in [4.78, 5) is 3.98. The van der Waals surface area contributed by atoms with E-state index in [4.69, 9.17) is 4.74 Å². The molecule has 2 aromatic rings. The Bertz CT molecular complexity index is 395. The van der Waals surface area contributed by atoms with Gasteiger partial charge in [-0.2, -0.15) is 4.98 Å². The van der Waals surface area contributed by atoms with Gasteiger partial charge in [-0.25, -0.2) is 0 Å². The Balaban J connectivity index is 2.11. The molecule has 0 N–H and O–H groups in total. The smallest absolute Gasteiger partial charge is 0.214 e. The normalized spacial score (nSPS) is 10.5. The van der Waals surface area contributed by atoms with Crippen molar-refractivity contribution in [1.82, 2.24) is 10.1 Å². The third-order valence-corrected chi connectivity index (χ3v) is 2.17. The highest BCUT2D eigenvalue weighted by Gasteiger charge is 2.01. The van der Waals surface area contributed by atoms with Crippen LogP contribution in [-0.2, 0) is 11.2 Å². The molecule has 15 heavy (non-hydrogen) atoms. The van der Waals surface area contributed by atoms with Crippen LogP contribution in [0.4, 0.5) is 0 Å². The number of hydrogen-bond donors (Lipinski definition) is 0. The van der Waals surface area contributed by atoms with Crippen LogP contribution < -0.4 is 0 Å². The molecule has 1 aromatic heterocycles. The zero-order valence-electron chi connectivity index (χ0n) is 8.51. The van der Waals surface area contributed by atoms with E-state index in [1.807, 2.05) is 24.3 Å². The van der Waals surface area contributed by atoms with Crippen LogP contribution >= 0.6 is 0 Å².